The second-order valence-corrected chi connectivity index (χ2v) is 5.28. The van der Waals surface area contributed by atoms with Crippen LogP contribution in [-0.4, -0.2) is 25.7 Å². The van der Waals surface area contributed by atoms with Gasteiger partial charge < -0.3 is 15.4 Å². The summed E-state index contributed by atoms with van der Waals surface area (Å²) >= 11 is 5.97. The van der Waals surface area contributed by atoms with E-state index in [1.54, 1.807) is 24.3 Å². The zero-order chi connectivity index (χ0) is 16.9. The predicted octanol–water partition coefficient (Wildman–Crippen LogP) is 3.48. The minimum Gasteiger partial charge on any atom is -0.390 e. The molecule has 0 aromatic heterocycles. The van der Waals surface area contributed by atoms with Gasteiger partial charge in [0.1, 0.15) is 11.6 Å². The van der Waals surface area contributed by atoms with Crippen molar-refractivity contribution in [3.8, 4) is 6.07 Å². The fourth-order valence-electron chi connectivity index (χ4n) is 1.70. The molecule has 6 heteroatoms. The molecule has 0 spiro atoms. The van der Waals surface area contributed by atoms with Crippen LogP contribution < -0.4 is 10.6 Å². The first-order valence-electron chi connectivity index (χ1n) is 7.66. The number of unbranched alkanes of at least 4 members (excludes halogenated alkanes) is 1. The van der Waals surface area contributed by atoms with Crippen molar-refractivity contribution in [1.82, 2.24) is 5.32 Å². The van der Waals surface area contributed by atoms with Crippen molar-refractivity contribution in [1.29, 1.82) is 5.26 Å². The highest BCUT2D eigenvalue weighted by Crippen LogP contribution is 2.20. The predicted molar refractivity (Wildman–Crippen MR) is 92.1 cm³/mol. The van der Waals surface area contributed by atoms with E-state index < -0.39 is 5.91 Å². The number of ether oxygens (including phenoxy) is 1. The van der Waals surface area contributed by atoms with E-state index in [9.17, 15) is 4.79 Å². The molecule has 0 aliphatic carbocycles. The number of nitriles is 1. The maximum Gasteiger partial charge on any atom is 0.267 e. The summed E-state index contributed by atoms with van der Waals surface area (Å²) in [5.74, 6) is -0.493. The summed E-state index contributed by atoms with van der Waals surface area (Å²) in [6, 6.07) is 8.74. The lowest BCUT2D eigenvalue weighted by molar-refractivity contribution is -0.112. The third kappa shape index (κ3) is 7.68. The molecule has 0 saturated carbocycles. The van der Waals surface area contributed by atoms with E-state index in [1.165, 1.54) is 6.20 Å². The lowest BCUT2D eigenvalue weighted by Crippen LogP contribution is -2.18. The topological polar surface area (TPSA) is 74.1 Å². The third-order valence-electron chi connectivity index (χ3n) is 2.99. The van der Waals surface area contributed by atoms with Gasteiger partial charge in [-0.3, -0.25) is 4.79 Å². The summed E-state index contributed by atoms with van der Waals surface area (Å²) in [5.41, 5.74) is 0.474. The van der Waals surface area contributed by atoms with Crippen LogP contribution in [0.4, 0.5) is 5.69 Å². The van der Waals surface area contributed by atoms with Crippen LogP contribution in [0, 0.1) is 11.3 Å². The van der Waals surface area contributed by atoms with E-state index in [-0.39, 0.29) is 5.57 Å². The van der Waals surface area contributed by atoms with Gasteiger partial charge in [0.15, 0.2) is 0 Å². The van der Waals surface area contributed by atoms with Crippen LogP contribution in [0.5, 0.6) is 0 Å². The second kappa shape index (κ2) is 11.5. The number of para-hydroxylation sites is 1. The number of benzene rings is 1. The Morgan fingerprint density at radius 2 is 2.09 bits per heavy atom. The Morgan fingerprint density at radius 1 is 1.35 bits per heavy atom. The number of rotatable bonds is 10. The molecule has 2 N–H and O–H groups in total. The molecule has 1 aromatic rings. The highest BCUT2D eigenvalue weighted by molar-refractivity contribution is 6.33. The van der Waals surface area contributed by atoms with Gasteiger partial charge in [-0.1, -0.05) is 37.1 Å². The molecule has 0 unspecified atom stereocenters. The lowest BCUT2D eigenvalue weighted by Gasteiger charge is -2.07. The SMILES string of the molecule is CCCCOCCCN/C=C(/C#N)C(=O)Nc1ccccc1Cl. The van der Waals surface area contributed by atoms with Gasteiger partial charge in [0, 0.05) is 26.0 Å². The number of hydrogen-bond donors (Lipinski definition) is 2. The molecule has 0 aliphatic rings. The molecule has 0 saturated heterocycles. The van der Waals surface area contributed by atoms with Gasteiger partial charge in [0.25, 0.3) is 5.91 Å². The largest absolute Gasteiger partial charge is 0.390 e. The number of carbonyl (C=O) groups is 1. The zero-order valence-corrected chi connectivity index (χ0v) is 14.0. The van der Waals surface area contributed by atoms with Crippen molar-refractivity contribution < 1.29 is 9.53 Å². The molecule has 0 bridgehead atoms. The van der Waals surface area contributed by atoms with Gasteiger partial charge >= 0.3 is 0 Å². The van der Waals surface area contributed by atoms with Crippen LogP contribution >= 0.6 is 11.6 Å². The molecular weight excluding hydrogens is 314 g/mol. The van der Waals surface area contributed by atoms with Gasteiger partial charge in [-0.15, -0.1) is 0 Å². The van der Waals surface area contributed by atoms with E-state index in [4.69, 9.17) is 21.6 Å². The first-order valence-corrected chi connectivity index (χ1v) is 8.04. The van der Waals surface area contributed by atoms with Crippen LogP contribution in [0.15, 0.2) is 36.0 Å². The van der Waals surface area contributed by atoms with E-state index >= 15 is 0 Å². The summed E-state index contributed by atoms with van der Waals surface area (Å²) in [5, 5.41) is 15.1. The lowest BCUT2D eigenvalue weighted by atomic mass is 10.2. The first-order chi connectivity index (χ1) is 11.2. The highest BCUT2D eigenvalue weighted by atomic mass is 35.5. The number of carbonyl (C=O) groups excluding carboxylic acids is 1. The minimum atomic E-state index is -0.493. The molecule has 0 fully saturated rings. The van der Waals surface area contributed by atoms with Gasteiger partial charge in [-0.05, 0) is 25.0 Å². The Bertz CT molecular complexity index is 567. The summed E-state index contributed by atoms with van der Waals surface area (Å²) in [6.07, 6.45) is 4.41. The number of nitrogens with zero attached hydrogens (tertiary/aromatic N) is 1. The van der Waals surface area contributed by atoms with Crippen molar-refractivity contribution in [3.63, 3.8) is 0 Å². The van der Waals surface area contributed by atoms with Crippen LogP contribution in [0.1, 0.15) is 26.2 Å². The molecule has 0 heterocycles. The summed E-state index contributed by atoms with van der Waals surface area (Å²) in [4.78, 5) is 12.0. The number of nitrogens with one attached hydrogen (secondary N) is 2. The molecule has 124 valence electrons. The molecule has 1 rings (SSSR count). The van der Waals surface area contributed by atoms with E-state index in [2.05, 4.69) is 17.6 Å². The van der Waals surface area contributed by atoms with Crippen molar-refractivity contribution in [2.45, 2.75) is 26.2 Å². The Labute approximate surface area is 142 Å². The van der Waals surface area contributed by atoms with Crippen LogP contribution in [0.2, 0.25) is 5.02 Å². The first kappa shape index (κ1) is 19.0. The average Bonchev–Trinajstić information content (AvgIpc) is 2.55. The monoisotopic (exact) mass is 335 g/mol. The maximum atomic E-state index is 12.0. The molecule has 0 atom stereocenters. The summed E-state index contributed by atoms with van der Waals surface area (Å²) in [6.45, 7) is 4.19. The Morgan fingerprint density at radius 3 is 2.78 bits per heavy atom. The number of hydrogen-bond acceptors (Lipinski definition) is 4. The number of amides is 1. The van der Waals surface area contributed by atoms with Crippen LogP contribution in [-0.2, 0) is 9.53 Å². The summed E-state index contributed by atoms with van der Waals surface area (Å²) in [7, 11) is 0. The second-order valence-electron chi connectivity index (χ2n) is 4.88. The third-order valence-corrected chi connectivity index (χ3v) is 3.32. The molecule has 1 amide bonds. The van der Waals surface area contributed by atoms with Gasteiger partial charge in [0.05, 0.1) is 10.7 Å². The van der Waals surface area contributed by atoms with Gasteiger partial charge in [-0.25, -0.2) is 0 Å². The molecule has 0 aliphatic heterocycles. The maximum absolute atomic E-state index is 12.0. The average molecular weight is 336 g/mol. The Hall–Kier alpha value is -2.03. The fourth-order valence-corrected chi connectivity index (χ4v) is 1.88. The Balaban J connectivity index is 2.36. The highest BCUT2D eigenvalue weighted by Gasteiger charge is 2.10. The van der Waals surface area contributed by atoms with E-state index in [0.29, 0.717) is 23.9 Å². The molecule has 23 heavy (non-hydrogen) atoms. The Kier molecular flexibility index (Phi) is 9.53. The fraction of sp³-hybridized carbons (Fsp3) is 0.412. The van der Waals surface area contributed by atoms with Crippen molar-refractivity contribution in [2.24, 2.45) is 0 Å². The van der Waals surface area contributed by atoms with Gasteiger partial charge in [-0.2, -0.15) is 5.26 Å². The quantitative estimate of drug-likeness (QED) is 0.390. The molecular formula is C17H22ClN3O2. The molecule has 5 nitrogen and oxygen atoms in total. The smallest absolute Gasteiger partial charge is 0.267 e. The number of anilines is 1. The summed E-state index contributed by atoms with van der Waals surface area (Å²) < 4.78 is 5.43. The molecule has 0 radical (unpaired) electrons. The zero-order valence-electron chi connectivity index (χ0n) is 13.3. The normalized spacial score (nSPS) is 10.9. The number of halogens is 1. The van der Waals surface area contributed by atoms with Crippen molar-refractivity contribution in [2.75, 3.05) is 25.1 Å². The van der Waals surface area contributed by atoms with Crippen LogP contribution in [0.25, 0.3) is 0 Å². The minimum absolute atomic E-state index is 0.00294. The molecule has 1 aromatic carbocycles. The van der Waals surface area contributed by atoms with Gasteiger partial charge in [0.2, 0.25) is 0 Å². The van der Waals surface area contributed by atoms with E-state index in [0.717, 1.165) is 25.9 Å². The van der Waals surface area contributed by atoms with Crippen molar-refractivity contribution in [3.05, 3.63) is 41.1 Å². The van der Waals surface area contributed by atoms with Crippen LogP contribution in [0.3, 0.4) is 0 Å². The standard InChI is InChI=1S/C17H22ClN3O2/c1-2-3-10-23-11-6-9-20-13-14(12-19)17(22)21-16-8-5-4-7-15(16)18/h4-5,7-8,13,20H,2-3,6,9-11H2,1H3,(H,21,22)/b14-13-. The van der Waals surface area contributed by atoms with E-state index in [1.807, 2.05) is 6.07 Å². The van der Waals surface area contributed by atoms with Crippen molar-refractivity contribution >= 4 is 23.2 Å².